The van der Waals surface area contributed by atoms with Crippen molar-refractivity contribution in [3.8, 4) is 6.07 Å². The van der Waals surface area contributed by atoms with Crippen molar-refractivity contribution < 1.29 is 4.74 Å². The molecule has 1 saturated heterocycles. The molecule has 1 aromatic heterocycles. The van der Waals surface area contributed by atoms with Crippen molar-refractivity contribution in [1.29, 1.82) is 5.26 Å². The third-order valence-corrected chi connectivity index (χ3v) is 2.77. The number of ether oxygens (including phenoxy) is 1. The zero-order chi connectivity index (χ0) is 12.1. The molecule has 0 spiro atoms. The first kappa shape index (κ1) is 11.8. The van der Waals surface area contributed by atoms with Crippen LogP contribution in [0.3, 0.4) is 0 Å². The standard InChI is InChI=1S/C12H16N4O/c1-9-2-3-15-12(11(9)6-13)16-8-10-7-14-4-5-17-10/h2-3,10,14H,4-5,7-8H2,1H3,(H,15,16). The van der Waals surface area contributed by atoms with Crippen LogP contribution in [0.2, 0.25) is 0 Å². The number of aryl methyl sites for hydroxylation is 1. The fourth-order valence-corrected chi connectivity index (χ4v) is 1.79. The first-order valence-electron chi connectivity index (χ1n) is 5.73. The summed E-state index contributed by atoms with van der Waals surface area (Å²) in [6.45, 7) is 5.05. The fourth-order valence-electron chi connectivity index (χ4n) is 1.79. The van der Waals surface area contributed by atoms with Gasteiger partial charge in [-0.15, -0.1) is 0 Å². The highest BCUT2D eigenvalue weighted by Gasteiger charge is 2.14. The number of anilines is 1. The maximum absolute atomic E-state index is 9.06. The molecule has 0 aromatic carbocycles. The fraction of sp³-hybridized carbons (Fsp3) is 0.500. The summed E-state index contributed by atoms with van der Waals surface area (Å²) in [6.07, 6.45) is 1.84. The number of rotatable bonds is 3. The van der Waals surface area contributed by atoms with Crippen molar-refractivity contribution in [3.63, 3.8) is 0 Å². The minimum atomic E-state index is 0.137. The Hall–Kier alpha value is -1.64. The molecule has 2 heterocycles. The third kappa shape index (κ3) is 2.93. The van der Waals surface area contributed by atoms with Gasteiger partial charge in [-0.25, -0.2) is 4.98 Å². The second-order valence-corrected chi connectivity index (χ2v) is 4.04. The molecule has 5 heteroatoms. The lowest BCUT2D eigenvalue weighted by molar-refractivity contribution is 0.0372. The van der Waals surface area contributed by atoms with Gasteiger partial charge in [0, 0.05) is 25.8 Å². The average molecular weight is 232 g/mol. The van der Waals surface area contributed by atoms with E-state index in [9.17, 15) is 0 Å². The number of nitriles is 1. The molecule has 1 aliphatic rings. The maximum Gasteiger partial charge on any atom is 0.144 e. The third-order valence-electron chi connectivity index (χ3n) is 2.77. The number of hydrogen-bond acceptors (Lipinski definition) is 5. The second kappa shape index (κ2) is 5.62. The Balaban J connectivity index is 1.99. The molecule has 1 unspecified atom stereocenters. The molecule has 0 radical (unpaired) electrons. The molecule has 1 fully saturated rings. The minimum absolute atomic E-state index is 0.137. The van der Waals surface area contributed by atoms with Gasteiger partial charge in [0.05, 0.1) is 18.3 Å². The molecular formula is C12H16N4O. The zero-order valence-corrected chi connectivity index (χ0v) is 9.86. The highest BCUT2D eigenvalue weighted by molar-refractivity contribution is 5.55. The summed E-state index contributed by atoms with van der Waals surface area (Å²) in [7, 11) is 0. The van der Waals surface area contributed by atoms with Gasteiger partial charge in [-0.2, -0.15) is 5.26 Å². The average Bonchev–Trinajstić information content (AvgIpc) is 2.37. The topological polar surface area (TPSA) is 70.0 Å². The van der Waals surface area contributed by atoms with E-state index in [2.05, 4.69) is 21.7 Å². The molecule has 2 N–H and O–H groups in total. The van der Waals surface area contributed by atoms with Crippen molar-refractivity contribution in [2.24, 2.45) is 0 Å². The molecule has 0 saturated carbocycles. The maximum atomic E-state index is 9.06. The summed E-state index contributed by atoms with van der Waals surface area (Å²) in [5.41, 5.74) is 1.55. The highest BCUT2D eigenvalue weighted by atomic mass is 16.5. The normalized spacial score (nSPS) is 19.6. The van der Waals surface area contributed by atoms with E-state index in [0.717, 1.165) is 25.3 Å². The van der Waals surface area contributed by atoms with Crippen molar-refractivity contribution in [2.75, 3.05) is 31.6 Å². The summed E-state index contributed by atoms with van der Waals surface area (Å²) in [4.78, 5) is 4.19. The predicted molar refractivity (Wildman–Crippen MR) is 64.8 cm³/mol. The van der Waals surface area contributed by atoms with Gasteiger partial charge < -0.3 is 15.4 Å². The highest BCUT2D eigenvalue weighted by Crippen LogP contribution is 2.15. The van der Waals surface area contributed by atoms with Crippen LogP contribution < -0.4 is 10.6 Å². The van der Waals surface area contributed by atoms with Gasteiger partial charge in [0.2, 0.25) is 0 Å². The van der Waals surface area contributed by atoms with Crippen molar-refractivity contribution >= 4 is 5.82 Å². The molecule has 0 bridgehead atoms. The largest absolute Gasteiger partial charge is 0.374 e. The summed E-state index contributed by atoms with van der Waals surface area (Å²) >= 11 is 0. The summed E-state index contributed by atoms with van der Waals surface area (Å²) in [5, 5.41) is 15.5. The number of nitrogens with zero attached hydrogens (tertiary/aromatic N) is 2. The van der Waals surface area contributed by atoms with Gasteiger partial charge in [0.25, 0.3) is 0 Å². The smallest absolute Gasteiger partial charge is 0.144 e. The van der Waals surface area contributed by atoms with E-state index >= 15 is 0 Å². The van der Waals surface area contributed by atoms with E-state index in [0.29, 0.717) is 17.9 Å². The molecule has 2 rings (SSSR count). The Kier molecular flexibility index (Phi) is 3.91. The van der Waals surface area contributed by atoms with Gasteiger partial charge in [0.15, 0.2) is 0 Å². The summed E-state index contributed by atoms with van der Waals surface area (Å²) in [5.74, 6) is 0.640. The van der Waals surface area contributed by atoms with Crippen molar-refractivity contribution in [3.05, 3.63) is 23.4 Å². The van der Waals surface area contributed by atoms with Crippen LogP contribution in [0, 0.1) is 18.3 Å². The van der Waals surface area contributed by atoms with Crippen LogP contribution in [0.5, 0.6) is 0 Å². The second-order valence-electron chi connectivity index (χ2n) is 4.04. The van der Waals surface area contributed by atoms with E-state index in [1.54, 1.807) is 6.20 Å². The molecule has 17 heavy (non-hydrogen) atoms. The molecule has 0 aliphatic carbocycles. The molecule has 5 nitrogen and oxygen atoms in total. The molecule has 0 amide bonds. The Morgan fingerprint density at radius 2 is 2.59 bits per heavy atom. The Bertz CT molecular complexity index is 421. The number of nitrogens with one attached hydrogen (secondary N) is 2. The zero-order valence-electron chi connectivity index (χ0n) is 9.86. The number of pyridine rings is 1. The first-order valence-corrected chi connectivity index (χ1v) is 5.73. The minimum Gasteiger partial charge on any atom is -0.374 e. The lowest BCUT2D eigenvalue weighted by atomic mass is 10.1. The molecule has 1 aliphatic heterocycles. The molecule has 1 atom stereocenters. The van der Waals surface area contributed by atoms with E-state index < -0.39 is 0 Å². The van der Waals surface area contributed by atoms with Gasteiger partial charge in [0.1, 0.15) is 11.9 Å². The Morgan fingerprint density at radius 1 is 1.71 bits per heavy atom. The van der Waals surface area contributed by atoms with E-state index in [1.807, 2.05) is 13.0 Å². The van der Waals surface area contributed by atoms with E-state index in [1.165, 1.54) is 0 Å². The van der Waals surface area contributed by atoms with Crippen LogP contribution >= 0.6 is 0 Å². The van der Waals surface area contributed by atoms with Crippen LogP contribution in [0.15, 0.2) is 12.3 Å². The van der Waals surface area contributed by atoms with Crippen LogP contribution in [0.4, 0.5) is 5.82 Å². The van der Waals surface area contributed by atoms with Crippen LogP contribution in [0.25, 0.3) is 0 Å². The van der Waals surface area contributed by atoms with Crippen LogP contribution in [-0.2, 0) is 4.74 Å². The van der Waals surface area contributed by atoms with E-state index in [4.69, 9.17) is 10.00 Å². The molecular weight excluding hydrogens is 216 g/mol. The number of morpholine rings is 1. The summed E-state index contributed by atoms with van der Waals surface area (Å²) in [6, 6.07) is 4.01. The van der Waals surface area contributed by atoms with Crippen LogP contribution in [0.1, 0.15) is 11.1 Å². The molecule has 90 valence electrons. The number of hydrogen-bond donors (Lipinski definition) is 2. The van der Waals surface area contributed by atoms with E-state index in [-0.39, 0.29) is 6.10 Å². The number of aromatic nitrogens is 1. The lowest BCUT2D eigenvalue weighted by Crippen LogP contribution is -2.42. The van der Waals surface area contributed by atoms with Gasteiger partial charge >= 0.3 is 0 Å². The van der Waals surface area contributed by atoms with Gasteiger partial charge in [-0.1, -0.05) is 0 Å². The van der Waals surface area contributed by atoms with Crippen LogP contribution in [-0.4, -0.2) is 37.3 Å². The Labute approximate surface area is 101 Å². The molecule has 1 aromatic rings. The first-order chi connectivity index (χ1) is 8.31. The summed E-state index contributed by atoms with van der Waals surface area (Å²) < 4.78 is 5.57. The monoisotopic (exact) mass is 232 g/mol. The van der Waals surface area contributed by atoms with Gasteiger partial charge in [-0.05, 0) is 18.6 Å². The quantitative estimate of drug-likeness (QED) is 0.801. The SMILES string of the molecule is Cc1ccnc(NCC2CNCCO2)c1C#N. The predicted octanol–water partition coefficient (Wildman–Crippen LogP) is 0.662. The van der Waals surface area contributed by atoms with Crippen molar-refractivity contribution in [1.82, 2.24) is 10.3 Å². The van der Waals surface area contributed by atoms with Gasteiger partial charge in [-0.3, -0.25) is 0 Å². The Morgan fingerprint density at radius 3 is 3.29 bits per heavy atom. The van der Waals surface area contributed by atoms with Crippen molar-refractivity contribution in [2.45, 2.75) is 13.0 Å². The lowest BCUT2D eigenvalue weighted by Gasteiger charge is -2.24.